The number of pyridine rings is 1. The summed E-state index contributed by atoms with van der Waals surface area (Å²) in [5.74, 6) is -0.331. The zero-order valence-electron chi connectivity index (χ0n) is 20.5. The van der Waals surface area contributed by atoms with E-state index in [1.807, 2.05) is 0 Å². The maximum Gasteiger partial charge on any atom is 0.266 e. The van der Waals surface area contributed by atoms with Gasteiger partial charge in [-0.25, -0.2) is 28.1 Å². The lowest BCUT2D eigenvalue weighted by Crippen LogP contribution is -2.45. The van der Waals surface area contributed by atoms with Crippen molar-refractivity contribution in [2.45, 2.75) is 44.8 Å². The van der Waals surface area contributed by atoms with Crippen LogP contribution in [0, 0.1) is 5.82 Å². The Morgan fingerprint density at radius 1 is 1.17 bits per heavy atom. The molecule has 0 aliphatic carbocycles. The lowest BCUT2D eigenvalue weighted by molar-refractivity contribution is -0.135. The number of rotatable bonds is 7. The number of carbonyl (C=O) groups is 1. The van der Waals surface area contributed by atoms with Crippen molar-refractivity contribution >= 4 is 22.6 Å². The second-order valence-corrected chi connectivity index (χ2v) is 8.76. The molecule has 0 radical (unpaired) electrons. The number of hydrogen-bond donors (Lipinski definition) is 1. The summed E-state index contributed by atoms with van der Waals surface area (Å²) in [6.07, 6.45) is -0.536. The van der Waals surface area contributed by atoms with Crippen molar-refractivity contribution in [2.75, 3.05) is 32.6 Å². The summed E-state index contributed by atoms with van der Waals surface area (Å²) >= 11 is 0. The molecule has 1 fully saturated rings. The van der Waals surface area contributed by atoms with Crippen molar-refractivity contribution in [3.63, 3.8) is 0 Å². The molecule has 3 aromatic rings. The first-order chi connectivity index (χ1) is 17.2. The number of halogens is 3. The van der Waals surface area contributed by atoms with Crippen LogP contribution < -0.4 is 10.1 Å². The van der Waals surface area contributed by atoms with Crippen LogP contribution in [0.15, 0.2) is 30.6 Å². The molecule has 1 N–H and O–H groups in total. The molecule has 11 heteroatoms. The van der Waals surface area contributed by atoms with Crippen LogP contribution in [0.5, 0.6) is 5.88 Å². The highest BCUT2D eigenvalue weighted by molar-refractivity contribution is 5.92. The Balaban J connectivity index is 1.75. The topological polar surface area (TPSA) is 89.5 Å². The number of aromatic nitrogens is 3. The van der Waals surface area contributed by atoms with E-state index in [1.165, 1.54) is 32.5 Å². The van der Waals surface area contributed by atoms with Gasteiger partial charge in [-0.1, -0.05) is 18.2 Å². The standard InChI is InChI=1S/C25H28F3N5O3/c1-14(16-6-5-7-17(20(16)26)22(27)28)31-23-18-12-19(32-24(35-3)21(18)29-13-30-23)25(36-4)8-10-33(11-9-25)15(2)34/h5-7,12-14,22H,8-11H2,1-4H3,(H,29,30,31)/t14-/m1/s1. The molecule has 0 unspecified atom stereocenters. The van der Waals surface area contributed by atoms with Gasteiger partial charge in [-0.3, -0.25) is 4.79 Å². The first-order valence-corrected chi connectivity index (χ1v) is 11.5. The average Bonchev–Trinajstić information content (AvgIpc) is 2.88. The minimum Gasteiger partial charge on any atom is -0.479 e. The van der Waals surface area contributed by atoms with Crippen molar-refractivity contribution < 1.29 is 27.4 Å². The van der Waals surface area contributed by atoms with E-state index in [2.05, 4.69) is 20.3 Å². The number of nitrogens with one attached hydrogen (secondary N) is 1. The lowest BCUT2D eigenvalue weighted by atomic mass is 9.86. The maximum atomic E-state index is 14.8. The van der Waals surface area contributed by atoms with E-state index < -0.39 is 29.4 Å². The molecular formula is C25H28F3N5O3. The minimum atomic E-state index is -2.92. The molecule has 1 atom stereocenters. The van der Waals surface area contributed by atoms with Gasteiger partial charge in [-0.15, -0.1) is 0 Å². The molecule has 1 aromatic carbocycles. The number of anilines is 1. The molecule has 1 amide bonds. The van der Waals surface area contributed by atoms with Gasteiger partial charge in [-0.2, -0.15) is 0 Å². The van der Waals surface area contributed by atoms with E-state index in [9.17, 15) is 18.0 Å². The van der Waals surface area contributed by atoms with Gasteiger partial charge in [0.2, 0.25) is 11.8 Å². The average molecular weight is 504 g/mol. The van der Waals surface area contributed by atoms with Crippen molar-refractivity contribution in [3.05, 3.63) is 53.2 Å². The fourth-order valence-corrected chi connectivity index (χ4v) is 4.63. The molecule has 8 nitrogen and oxygen atoms in total. The molecule has 0 saturated carbocycles. The van der Waals surface area contributed by atoms with Gasteiger partial charge < -0.3 is 19.7 Å². The van der Waals surface area contributed by atoms with Gasteiger partial charge >= 0.3 is 0 Å². The molecule has 1 saturated heterocycles. The molecule has 3 heterocycles. The van der Waals surface area contributed by atoms with Crippen LogP contribution in [-0.4, -0.2) is 53.1 Å². The predicted octanol–water partition coefficient (Wildman–Crippen LogP) is 4.77. The van der Waals surface area contributed by atoms with E-state index >= 15 is 0 Å². The van der Waals surface area contributed by atoms with E-state index in [4.69, 9.17) is 9.47 Å². The van der Waals surface area contributed by atoms with E-state index in [-0.39, 0.29) is 17.4 Å². The number of amides is 1. The number of ether oxygens (including phenoxy) is 2. The number of alkyl halides is 2. The van der Waals surface area contributed by atoms with Crippen LogP contribution in [0.1, 0.15) is 56.0 Å². The summed E-state index contributed by atoms with van der Waals surface area (Å²) in [4.78, 5) is 26.9. The van der Waals surface area contributed by atoms with Crippen LogP contribution in [0.3, 0.4) is 0 Å². The summed E-state index contributed by atoms with van der Waals surface area (Å²) < 4.78 is 52.7. The molecule has 2 aromatic heterocycles. The summed E-state index contributed by atoms with van der Waals surface area (Å²) in [7, 11) is 3.08. The number of benzene rings is 1. The van der Waals surface area contributed by atoms with Gasteiger partial charge in [0.25, 0.3) is 6.43 Å². The summed E-state index contributed by atoms with van der Waals surface area (Å²) in [5.41, 5.74) is -0.301. The van der Waals surface area contributed by atoms with Crippen molar-refractivity contribution in [1.29, 1.82) is 0 Å². The van der Waals surface area contributed by atoms with Gasteiger partial charge in [0.1, 0.15) is 29.1 Å². The highest BCUT2D eigenvalue weighted by Crippen LogP contribution is 2.39. The molecule has 4 rings (SSSR count). The van der Waals surface area contributed by atoms with Gasteiger partial charge in [-0.05, 0) is 25.8 Å². The lowest BCUT2D eigenvalue weighted by Gasteiger charge is -2.40. The molecule has 0 bridgehead atoms. The van der Waals surface area contributed by atoms with Crippen molar-refractivity contribution in [1.82, 2.24) is 19.9 Å². The summed E-state index contributed by atoms with van der Waals surface area (Å²) in [5, 5.41) is 3.69. The Bertz CT molecular complexity index is 1270. The number of hydrogen-bond acceptors (Lipinski definition) is 7. The quantitative estimate of drug-likeness (QED) is 0.497. The fourth-order valence-electron chi connectivity index (χ4n) is 4.63. The number of nitrogens with zero attached hydrogens (tertiary/aromatic N) is 4. The molecule has 0 spiro atoms. The third-order valence-corrected chi connectivity index (χ3v) is 6.77. The number of likely N-dealkylation sites (tertiary alicyclic amines) is 1. The monoisotopic (exact) mass is 503 g/mol. The smallest absolute Gasteiger partial charge is 0.266 e. The fraction of sp³-hybridized carbons (Fsp3) is 0.440. The number of methoxy groups -OCH3 is 2. The minimum absolute atomic E-state index is 0.000714. The van der Waals surface area contributed by atoms with Gasteiger partial charge in [0.15, 0.2) is 0 Å². The zero-order valence-corrected chi connectivity index (χ0v) is 20.5. The normalized spacial score (nSPS) is 16.3. The Morgan fingerprint density at radius 3 is 2.47 bits per heavy atom. The second kappa shape index (κ2) is 10.3. The third kappa shape index (κ3) is 4.67. The maximum absolute atomic E-state index is 14.8. The molecule has 1 aliphatic heterocycles. The van der Waals surface area contributed by atoms with Crippen molar-refractivity contribution in [3.8, 4) is 5.88 Å². The number of carbonyl (C=O) groups excluding carboxylic acids is 1. The second-order valence-electron chi connectivity index (χ2n) is 8.76. The first-order valence-electron chi connectivity index (χ1n) is 11.5. The van der Waals surface area contributed by atoms with Crippen LogP contribution >= 0.6 is 0 Å². The molecule has 1 aliphatic rings. The summed E-state index contributed by atoms with van der Waals surface area (Å²) in [6.45, 7) is 4.22. The van der Waals surface area contributed by atoms with Crippen LogP contribution in [-0.2, 0) is 15.1 Å². The van der Waals surface area contributed by atoms with E-state index in [1.54, 1.807) is 25.0 Å². The molecule has 192 valence electrons. The summed E-state index contributed by atoms with van der Waals surface area (Å²) in [6, 6.07) is 5.04. The van der Waals surface area contributed by atoms with Crippen LogP contribution in [0.4, 0.5) is 19.0 Å². The highest BCUT2D eigenvalue weighted by Gasteiger charge is 2.39. The molecular weight excluding hydrogens is 475 g/mol. The Kier molecular flexibility index (Phi) is 7.30. The largest absolute Gasteiger partial charge is 0.479 e. The molecule has 36 heavy (non-hydrogen) atoms. The SMILES string of the molecule is COc1nc(C2(OC)CCN(C(C)=O)CC2)cc2c(N[C@H](C)c3cccc(C(F)F)c3F)ncnc12. The van der Waals surface area contributed by atoms with Crippen molar-refractivity contribution in [2.24, 2.45) is 0 Å². The van der Waals surface area contributed by atoms with E-state index in [0.717, 1.165) is 6.07 Å². The predicted molar refractivity (Wildman–Crippen MR) is 127 cm³/mol. The van der Waals surface area contributed by atoms with Gasteiger partial charge in [0.05, 0.1) is 29.8 Å². The third-order valence-electron chi connectivity index (χ3n) is 6.77. The Morgan fingerprint density at radius 2 is 1.86 bits per heavy atom. The number of piperidine rings is 1. The van der Waals surface area contributed by atoms with Crippen LogP contribution in [0.25, 0.3) is 10.9 Å². The van der Waals surface area contributed by atoms with Crippen LogP contribution in [0.2, 0.25) is 0 Å². The highest BCUT2D eigenvalue weighted by atomic mass is 19.3. The Hall–Kier alpha value is -3.47. The van der Waals surface area contributed by atoms with Gasteiger partial charge in [0, 0.05) is 32.7 Å². The zero-order chi connectivity index (χ0) is 26.0. The first kappa shape index (κ1) is 25.6. The number of fused-ring (bicyclic) bond motifs is 1. The Labute approximate surface area is 206 Å². The van der Waals surface area contributed by atoms with E-state index in [0.29, 0.717) is 48.3 Å².